The number of hydrogen-bond donors (Lipinski definition) is 1. The third kappa shape index (κ3) is 1.87. The van der Waals surface area contributed by atoms with Gasteiger partial charge in [0.25, 0.3) is 0 Å². The maximum absolute atomic E-state index is 6.28. The van der Waals surface area contributed by atoms with E-state index in [1.165, 1.54) is 12.8 Å². The first-order valence-corrected chi connectivity index (χ1v) is 5.23. The van der Waals surface area contributed by atoms with Crippen molar-refractivity contribution in [1.82, 2.24) is 0 Å². The third-order valence-corrected chi connectivity index (χ3v) is 3.38. The Hall–Kier alpha value is -0.120. The number of rotatable bonds is 2. The zero-order valence-corrected chi connectivity index (χ0v) is 8.29. The molecule has 2 N–H and O–H groups in total. The molecule has 13 heavy (non-hydrogen) atoms. The summed E-state index contributed by atoms with van der Waals surface area (Å²) in [6, 6.07) is 0. The molecule has 0 aliphatic carbocycles. The van der Waals surface area contributed by atoms with Gasteiger partial charge in [-0.1, -0.05) is 0 Å². The second kappa shape index (κ2) is 3.56. The van der Waals surface area contributed by atoms with Gasteiger partial charge in [-0.25, -0.2) is 0 Å². The molecular formula is C10H19NO2. The minimum absolute atomic E-state index is 0.130. The van der Waals surface area contributed by atoms with E-state index in [9.17, 15) is 0 Å². The van der Waals surface area contributed by atoms with Crippen molar-refractivity contribution in [2.45, 2.75) is 50.4 Å². The number of hydrogen-bond acceptors (Lipinski definition) is 3. The lowest BCUT2D eigenvalue weighted by Gasteiger charge is -2.29. The largest absolute Gasteiger partial charge is 0.378 e. The minimum Gasteiger partial charge on any atom is -0.378 e. The minimum atomic E-state index is -0.130. The molecule has 2 heterocycles. The fourth-order valence-electron chi connectivity index (χ4n) is 2.29. The molecule has 3 atom stereocenters. The molecule has 0 aromatic rings. The van der Waals surface area contributed by atoms with Crippen LogP contribution in [0.25, 0.3) is 0 Å². The molecule has 3 unspecified atom stereocenters. The van der Waals surface area contributed by atoms with Crippen LogP contribution >= 0.6 is 0 Å². The fourth-order valence-corrected chi connectivity index (χ4v) is 2.29. The molecule has 2 fully saturated rings. The first kappa shape index (κ1) is 9.44. The molecule has 0 saturated carbocycles. The summed E-state index contributed by atoms with van der Waals surface area (Å²) >= 11 is 0. The summed E-state index contributed by atoms with van der Waals surface area (Å²) in [5.74, 6) is 0. The normalized spacial score (nSPS) is 45.7. The average Bonchev–Trinajstić information content (AvgIpc) is 2.65. The molecule has 0 spiro atoms. The van der Waals surface area contributed by atoms with Gasteiger partial charge in [0.2, 0.25) is 0 Å². The highest BCUT2D eigenvalue weighted by atomic mass is 16.5. The van der Waals surface area contributed by atoms with Gasteiger partial charge in [-0.2, -0.15) is 0 Å². The van der Waals surface area contributed by atoms with Gasteiger partial charge < -0.3 is 15.2 Å². The highest BCUT2D eigenvalue weighted by Gasteiger charge is 2.40. The van der Waals surface area contributed by atoms with E-state index in [0.717, 1.165) is 26.1 Å². The quantitative estimate of drug-likeness (QED) is 0.699. The van der Waals surface area contributed by atoms with Crippen molar-refractivity contribution in [3.63, 3.8) is 0 Å². The van der Waals surface area contributed by atoms with Crippen molar-refractivity contribution in [2.75, 3.05) is 13.2 Å². The van der Waals surface area contributed by atoms with Crippen LogP contribution in [0, 0.1) is 0 Å². The van der Waals surface area contributed by atoms with E-state index in [1.807, 2.05) is 0 Å². The molecule has 2 aliphatic heterocycles. The van der Waals surface area contributed by atoms with Gasteiger partial charge in [0, 0.05) is 18.8 Å². The second-order valence-electron chi connectivity index (χ2n) is 4.34. The van der Waals surface area contributed by atoms with E-state index in [-0.39, 0.29) is 11.6 Å². The maximum atomic E-state index is 6.28. The summed E-state index contributed by atoms with van der Waals surface area (Å²) in [5.41, 5.74) is 6.15. The second-order valence-corrected chi connectivity index (χ2v) is 4.34. The zero-order chi connectivity index (χ0) is 9.31. The summed E-state index contributed by atoms with van der Waals surface area (Å²) in [7, 11) is 0. The first-order chi connectivity index (χ1) is 6.21. The lowest BCUT2D eigenvalue weighted by molar-refractivity contribution is 0.0501. The Morgan fingerprint density at radius 2 is 2.23 bits per heavy atom. The maximum Gasteiger partial charge on any atom is 0.0728 e. The summed E-state index contributed by atoms with van der Waals surface area (Å²) in [4.78, 5) is 0. The topological polar surface area (TPSA) is 44.5 Å². The van der Waals surface area contributed by atoms with Crippen molar-refractivity contribution in [3.05, 3.63) is 0 Å². The Balaban J connectivity index is 1.91. The molecule has 0 aromatic heterocycles. The highest BCUT2D eigenvalue weighted by molar-refractivity contribution is 4.96. The van der Waals surface area contributed by atoms with E-state index < -0.39 is 0 Å². The first-order valence-electron chi connectivity index (χ1n) is 5.23. The lowest BCUT2D eigenvalue weighted by atomic mass is 9.86. The van der Waals surface area contributed by atoms with E-state index >= 15 is 0 Å². The van der Waals surface area contributed by atoms with Gasteiger partial charge in [-0.05, 0) is 32.6 Å². The van der Waals surface area contributed by atoms with Gasteiger partial charge >= 0.3 is 0 Å². The van der Waals surface area contributed by atoms with Crippen LogP contribution < -0.4 is 5.73 Å². The molecule has 3 nitrogen and oxygen atoms in total. The van der Waals surface area contributed by atoms with Crippen LogP contribution in [0.4, 0.5) is 0 Å². The Kier molecular flexibility index (Phi) is 2.58. The molecule has 0 bridgehead atoms. The smallest absolute Gasteiger partial charge is 0.0728 e. The van der Waals surface area contributed by atoms with Crippen LogP contribution in [0.15, 0.2) is 0 Å². The van der Waals surface area contributed by atoms with Gasteiger partial charge in [-0.3, -0.25) is 0 Å². The molecule has 2 saturated heterocycles. The van der Waals surface area contributed by atoms with E-state index in [2.05, 4.69) is 6.92 Å². The Morgan fingerprint density at radius 1 is 1.38 bits per heavy atom. The summed E-state index contributed by atoms with van der Waals surface area (Å²) in [6.45, 7) is 3.79. The summed E-state index contributed by atoms with van der Waals surface area (Å²) in [6.07, 6.45) is 4.88. The van der Waals surface area contributed by atoms with E-state index in [1.54, 1.807) is 0 Å². The van der Waals surface area contributed by atoms with Crippen LogP contribution in [-0.2, 0) is 9.47 Å². The highest BCUT2D eigenvalue weighted by Crippen LogP contribution is 2.31. The zero-order valence-electron chi connectivity index (χ0n) is 8.29. The van der Waals surface area contributed by atoms with Crippen molar-refractivity contribution in [3.8, 4) is 0 Å². The van der Waals surface area contributed by atoms with Crippen molar-refractivity contribution in [2.24, 2.45) is 5.73 Å². The van der Waals surface area contributed by atoms with Crippen LogP contribution in [0.5, 0.6) is 0 Å². The molecule has 0 amide bonds. The monoisotopic (exact) mass is 185 g/mol. The number of nitrogens with two attached hydrogens (primary N) is 1. The molecule has 0 radical (unpaired) electrons. The predicted molar refractivity (Wildman–Crippen MR) is 50.5 cm³/mol. The fraction of sp³-hybridized carbons (Fsp3) is 1.00. The van der Waals surface area contributed by atoms with Gasteiger partial charge in [-0.15, -0.1) is 0 Å². The lowest BCUT2D eigenvalue weighted by Crippen LogP contribution is -2.48. The average molecular weight is 185 g/mol. The van der Waals surface area contributed by atoms with E-state index in [0.29, 0.717) is 6.10 Å². The molecule has 0 aromatic carbocycles. The van der Waals surface area contributed by atoms with Crippen molar-refractivity contribution < 1.29 is 9.47 Å². The molecular weight excluding hydrogens is 166 g/mol. The van der Waals surface area contributed by atoms with Crippen LogP contribution in [0.2, 0.25) is 0 Å². The van der Waals surface area contributed by atoms with Gasteiger partial charge in [0.1, 0.15) is 0 Å². The van der Waals surface area contributed by atoms with Crippen molar-refractivity contribution >= 4 is 0 Å². The number of ether oxygens (including phenoxy) is 2. The SMILES string of the molecule is CC1OCCC1(N)CC1CCCO1. The third-order valence-electron chi connectivity index (χ3n) is 3.38. The van der Waals surface area contributed by atoms with Crippen molar-refractivity contribution in [1.29, 1.82) is 0 Å². The molecule has 3 heteroatoms. The van der Waals surface area contributed by atoms with Gasteiger partial charge in [0.15, 0.2) is 0 Å². The van der Waals surface area contributed by atoms with Crippen LogP contribution in [0.1, 0.15) is 32.6 Å². The summed E-state index contributed by atoms with van der Waals surface area (Å²) < 4.78 is 11.1. The van der Waals surface area contributed by atoms with Gasteiger partial charge in [0.05, 0.1) is 12.2 Å². The standard InChI is InChI=1S/C10H19NO2/c1-8-10(11,4-6-12-8)7-9-3-2-5-13-9/h8-9H,2-7,11H2,1H3. The Labute approximate surface area is 79.6 Å². The Morgan fingerprint density at radius 3 is 2.77 bits per heavy atom. The molecule has 76 valence electrons. The molecule has 2 aliphatic rings. The Bertz CT molecular complexity index is 180. The van der Waals surface area contributed by atoms with Crippen LogP contribution in [0.3, 0.4) is 0 Å². The predicted octanol–water partition coefficient (Wildman–Crippen LogP) is 1.06. The summed E-state index contributed by atoms with van der Waals surface area (Å²) in [5, 5.41) is 0. The van der Waals surface area contributed by atoms with Crippen LogP contribution in [-0.4, -0.2) is 31.0 Å². The van der Waals surface area contributed by atoms with E-state index in [4.69, 9.17) is 15.2 Å². The molecule has 2 rings (SSSR count).